The van der Waals surface area contributed by atoms with E-state index in [1.807, 2.05) is 0 Å². The number of benzene rings is 2. The lowest BCUT2D eigenvalue weighted by atomic mass is 10.2. The van der Waals surface area contributed by atoms with Crippen molar-refractivity contribution in [1.29, 1.82) is 0 Å². The summed E-state index contributed by atoms with van der Waals surface area (Å²) >= 11 is 0. The van der Waals surface area contributed by atoms with Crippen LogP contribution in [0.2, 0.25) is 0 Å². The predicted molar refractivity (Wildman–Crippen MR) is 86.1 cm³/mol. The molecule has 0 aliphatic carbocycles. The monoisotopic (exact) mass is 313 g/mol. The first-order valence-electron chi connectivity index (χ1n) is 6.73. The van der Waals surface area contributed by atoms with E-state index in [4.69, 9.17) is 0 Å². The molecule has 23 heavy (non-hydrogen) atoms. The lowest BCUT2D eigenvalue weighted by Gasteiger charge is -2.08. The van der Waals surface area contributed by atoms with Crippen LogP contribution < -0.4 is 16.0 Å². The summed E-state index contributed by atoms with van der Waals surface area (Å²) in [5, 5.41) is 16.7. The minimum Gasteiger partial charge on any atom is -0.508 e. The highest BCUT2D eigenvalue weighted by atomic mass is 16.3. The number of aromatic hydroxyl groups is 1. The van der Waals surface area contributed by atoms with Crippen molar-refractivity contribution in [2.75, 3.05) is 16.0 Å². The molecular weight excluding hydrogens is 298 g/mol. The Hall–Kier alpha value is -3.35. The molecule has 0 aliphatic rings. The van der Waals surface area contributed by atoms with Crippen LogP contribution in [0, 0.1) is 0 Å². The van der Waals surface area contributed by atoms with Gasteiger partial charge >= 0.3 is 11.8 Å². The van der Waals surface area contributed by atoms with E-state index in [-0.39, 0.29) is 11.7 Å². The minimum atomic E-state index is -0.875. The highest BCUT2D eigenvalue weighted by Crippen LogP contribution is 2.17. The van der Waals surface area contributed by atoms with Crippen molar-refractivity contribution >= 4 is 34.8 Å². The van der Waals surface area contributed by atoms with Gasteiger partial charge in [0.05, 0.1) is 0 Å². The topological polar surface area (TPSA) is 108 Å². The quantitative estimate of drug-likeness (QED) is 0.649. The Balaban J connectivity index is 2.01. The summed E-state index contributed by atoms with van der Waals surface area (Å²) < 4.78 is 0. The molecular formula is C16H15N3O4. The minimum absolute atomic E-state index is 0.0220. The second-order valence-corrected chi connectivity index (χ2v) is 4.72. The van der Waals surface area contributed by atoms with Gasteiger partial charge in [-0.05, 0) is 30.3 Å². The molecule has 0 heterocycles. The molecule has 3 amide bonds. The normalized spacial score (nSPS) is 9.78. The number of hydrogen-bond acceptors (Lipinski definition) is 4. The van der Waals surface area contributed by atoms with Crippen LogP contribution in [0.25, 0.3) is 0 Å². The Morgan fingerprint density at radius 2 is 1.26 bits per heavy atom. The number of hydrogen-bond donors (Lipinski definition) is 4. The highest BCUT2D eigenvalue weighted by Gasteiger charge is 2.14. The van der Waals surface area contributed by atoms with Crippen molar-refractivity contribution < 1.29 is 19.5 Å². The second-order valence-electron chi connectivity index (χ2n) is 4.72. The average molecular weight is 313 g/mol. The van der Waals surface area contributed by atoms with E-state index in [9.17, 15) is 19.5 Å². The van der Waals surface area contributed by atoms with E-state index in [1.165, 1.54) is 25.1 Å². The molecule has 2 aromatic rings. The predicted octanol–water partition coefficient (Wildman–Crippen LogP) is 1.93. The number of anilines is 3. The van der Waals surface area contributed by atoms with Crippen LogP contribution in [0.4, 0.5) is 17.1 Å². The molecule has 0 radical (unpaired) electrons. The first kappa shape index (κ1) is 16.0. The molecule has 0 fully saturated rings. The molecule has 0 spiro atoms. The molecule has 118 valence electrons. The summed E-state index contributed by atoms with van der Waals surface area (Å²) in [4.78, 5) is 34.7. The van der Waals surface area contributed by atoms with Gasteiger partial charge in [-0.25, -0.2) is 0 Å². The number of carbonyl (C=O) groups is 3. The SMILES string of the molecule is CC(=O)Nc1cccc(NC(=O)C(=O)Nc2cccc(O)c2)c1. The molecule has 0 atom stereocenters. The zero-order chi connectivity index (χ0) is 16.8. The van der Waals surface area contributed by atoms with E-state index in [0.717, 1.165) is 0 Å². The molecule has 0 saturated carbocycles. The number of carbonyl (C=O) groups excluding carboxylic acids is 3. The Labute approximate surface area is 132 Å². The van der Waals surface area contributed by atoms with Gasteiger partial charge in [0.25, 0.3) is 0 Å². The van der Waals surface area contributed by atoms with Crippen LogP contribution >= 0.6 is 0 Å². The maximum absolute atomic E-state index is 11.9. The fourth-order valence-electron chi connectivity index (χ4n) is 1.84. The van der Waals surface area contributed by atoms with Crippen LogP contribution in [-0.2, 0) is 14.4 Å². The van der Waals surface area contributed by atoms with Crippen LogP contribution in [-0.4, -0.2) is 22.8 Å². The van der Waals surface area contributed by atoms with Crippen LogP contribution in [0.5, 0.6) is 5.75 Å². The van der Waals surface area contributed by atoms with Crippen LogP contribution in [0.15, 0.2) is 48.5 Å². The molecule has 4 N–H and O–H groups in total. The Bertz CT molecular complexity index is 758. The Morgan fingerprint density at radius 3 is 1.78 bits per heavy atom. The van der Waals surface area contributed by atoms with E-state index in [0.29, 0.717) is 17.1 Å². The third kappa shape index (κ3) is 4.85. The summed E-state index contributed by atoms with van der Waals surface area (Å²) in [6.45, 7) is 1.37. The fraction of sp³-hybridized carbons (Fsp3) is 0.0625. The van der Waals surface area contributed by atoms with Crippen molar-refractivity contribution in [3.05, 3.63) is 48.5 Å². The number of phenols is 1. The first-order chi connectivity index (χ1) is 10.9. The number of amides is 3. The molecule has 2 aromatic carbocycles. The van der Waals surface area contributed by atoms with Gasteiger partial charge in [0, 0.05) is 30.1 Å². The number of phenolic OH excluding ortho intramolecular Hbond substituents is 1. The average Bonchev–Trinajstić information content (AvgIpc) is 2.46. The van der Waals surface area contributed by atoms with E-state index in [1.54, 1.807) is 30.3 Å². The van der Waals surface area contributed by atoms with Gasteiger partial charge in [0.2, 0.25) is 5.91 Å². The second kappa shape index (κ2) is 7.08. The maximum Gasteiger partial charge on any atom is 0.314 e. The smallest absolute Gasteiger partial charge is 0.314 e. The zero-order valence-corrected chi connectivity index (χ0v) is 12.3. The van der Waals surface area contributed by atoms with Gasteiger partial charge in [-0.1, -0.05) is 12.1 Å². The van der Waals surface area contributed by atoms with Gasteiger partial charge in [-0.3, -0.25) is 14.4 Å². The summed E-state index contributed by atoms with van der Waals surface area (Å²) in [5.74, 6) is -2.00. The first-order valence-corrected chi connectivity index (χ1v) is 6.73. The third-order valence-electron chi connectivity index (χ3n) is 2.75. The highest BCUT2D eigenvalue weighted by molar-refractivity contribution is 6.43. The summed E-state index contributed by atoms with van der Waals surface area (Å²) in [5.41, 5.74) is 1.17. The Kier molecular flexibility index (Phi) is 4.93. The maximum atomic E-state index is 11.9. The zero-order valence-electron chi connectivity index (χ0n) is 12.3. The number of nitrogens with one attached hydrogen (secondary N) is 3. The van der Waals surface area contributed by atoms with Gasteiger partial charge in [0.1, 0.15) is 5.75 Å². The van der Waals surface area contributed by atoms with Gasteiger partial charge in [0.15, 0.2) is 0 Å². The molecule has 7 heteroatoms. The van der Waals surface area contributed by atoms with Crippen molar-refractivity contribution in [3.8, 4) is 5.75 Å². The van der Waals surface area contributed by atoms with Crippen LogP contribution in [0.1, 0.15) is 6.92 Å². The summed E-state index contributed by atoms with van der Waals surface area (Å²) in [7, 11) is 0. The van der Waals surface area contributed by atoms with Crippen molar-refractivity contribution in [2.45, 2.75) is 6.92 Å². The molecule has 0 unspecified atom stereocenters. The van der Waals surface area contributed by atoms with Crippen molar-refractivity contribution in [1.82, 2.24) is 0 Å². The van der Waals surface area contributed by atoms with Crippen molar-refractivity contribution in [2.24, 2.45) is 0 Å². The van der Waals surface area contributed by atoms with Gasteiger partial charge < -0.3 is 21.1 Å². The lowest BCUT2D eigenvalue weighted by Crippen LogP contribution is -2.29. The lowest BCUT2D eigenvalue weighted by molar-refractivity contribution is -0.132. The summed E-state index contributed by atoms with van der Waals surface area (Å²) in [6.07, 6.45) is 0. The molecule has 0 aliphatic heterocycles. The molecule has 0 bridgehead atoms. The van der Waals surface area contributed by atoms with E-state index < -0.39 is 11.8 Å². The Morgan fingerprint density at radius 1 is 0.783 bits per heavy atom. The molecule has 7 nitrogen and oxygen atoms in total. The van der Waals surface area contributed by atoms with Crippen molar-refractivity contribution in [3.63, 3.8) is 0 Å². The molecule has 2 rings (SSSR count). The fourth-order valence-corrected chi connectivity index (χ4v) is 1.84. The van der Waals surface area contributed by atoms with E-state index in [2.05, 4.69) is 16.0 Å². The van der Waals surface area contributed by atoms with Gasteiger partial charge in [-0.15, -0.1) is 0 Å². The largest absolute Gasteiger partial charge is 0.508 e. The van der Waals surface area contributed by atoms with Crippen LogP contribution in [0.3, 0.4) is 0 Å². The molecule has 0 aromatic heterocycles. The molecule has 0 saturated heterocycles. The third-order valence-corrected chi connectivity index (χ3v) is 2.75. The van der Waals surface area contributed by atoms with E-state index >= 15 is 0 Å². The standard InChI is InChI=1S/C16H15N3O4/c1-10(20)17-11-4-2-5-12(8-11)18-15(22)16(23)19-13-6-3-7-14(21)9-13/h2-9,21H,1H3,(H,17,20)(H,18,22)(H,19,23). The van der Waals surface area contributed by atoms with Gasteiger partial charge in [-0.2, -0.15) is 0 Å². The number of rotatable bonds is 3. The summed E-state index contributed by atoms with van der Waals surface area (Å²) in [6, 6.07) is 12.3.